The summed E-state index contributed by atoms with van der Waals surface area (Å²) in [6.07, 6.45) is -0.379. The van der Waals surface area contributed by atoms with Crippen molar-refractivity contribution in [2.45, 2.75) is 6.10 Å². The van der Waals surface area contributed by atoms with Crippen LogP contribution in [0.3, 0.4) is 0 Å². The van der Waals surface area contributed by atoms with E-state index in [1.807, 2.05) is 60.7 Å². The summed E-state index contributed by atoms with van der Waals surface area (Å²) in [7, 11) is -0.748. The van der Waals surface area contributed by atoms with E-state index in [4.69, 9.17) is 9.05 Å². The Morgan fingerprint density at radius 1 is 0.889 bits per heavy atom. The first kappa shape index (κ1) is 12.9. The lowest BCUT2D eigenvalue weighted by Crippen LogP contribution is -2.02. The summed E-state index contributed by atoms with van der Waals surface area (Å²) in [4.78, 5) is 0. The molecule has 0 saturated carbocycles. The van der Waals surface area contributed by atoms with Gasteiger partial charge in [-0.15, -0.1) is 9.05 Å². The molecule has 0 aromatic heterocycles. The van der Waals surface area contributed by atoms with Crippen LogP contribution in [-0.4, -0.2) is 7.11 Å². The highest BCUT2D eigenvalue weighted by molar-refractivity contribution is 7.33. The van der Waals surface area contributed by atoms with E-state index in [1.165, 1.54) is 7.11 Å². The lowest BCUT2D eigenvalue weighted by molar-refractivity contribution is 0.209. The Bertz CT molecular complexity index is 459. The number of hydrogen-bond donors (Lipinski definition) is 0. The highest BCUT2D eigenvalue weighted by atomic mass is 31.1. The highest BCUT2D eigenvalue weighted by Crippen LogP contribution is 2.36. The van der Waals surface area contributed by atoms with Gasteiger partial charge < -0.3 is 0 Å². The molecule has 92 valence electrons. The normalized spacial score (nSPS) is 11.6. The summed E-state index contributed by atoms with van der Waals surface area (Å²) in [5, 5.41) is 0. The van der Waals surface area contributed by atoms with Crippen molar-refractivity contribution in [2.75, 3.05) is 7.11 Å². The van der Waals surface area contributed by atoms with E-state index in [0.717, 1.165) is 11.1 Å². The van der Waals surface area contributed by atoms with Crippen molar-refractivity contribution in [2.24, 2.45) is 0 Å². The third-order valence-corrected chi connectivity index (χ3v) is 3.23. The smallest absolute Gasteiger partial charge is 0.122 e. The topological polar surface area (TPSA) is 35.5 Å². The van der Waals surface area contributed by atoms with Crippen LogP contribution < -0.4 is 0 Å². The molecule has 0 aliphatic rings. The van der Waals surface area contributed by atoms with Crippen molar-refractivity contribution < 1.29 is 13.6 Å². The minimum absolute atomic E-state index is 0.379. The maximum absolute atomic E-state index is 11.5. The van der Waals surface area contributed by atoms with Gasteiger partial charge >= 0.3 is 8.25 Å². The molecule has 3 nitrogen and oxygen atoms in total. The van der Waals surface area contributed by atoms with Crippen LogP contribution in [0.15, 0.2) is 60.7 Å². The van der Waals surface area contributed by atoms with E-state index < -0.39 is 8.25 Å². The first-order valence-corrected chi connectivity index (χ1v) is 6.69. The summed E-state index contributed by atoms with van der Waals surface area (Å²) < 4.78 is 21.6. The predicted molar refractivity (Wildman–Crippen MR) is 70.4 cm³/mol. The fourth-order valence-corrected chi connectivity index (χ4v) is 2.20. The fourth-order valence-electron chi connectivity index (χ4n) is 1.70. The zero-order valence-corrected chi connectivity index (χ0v) is 10.9. The first-order chi connectivity index (χ1) is 8.81. The first-order valence-electron chi connectivity index (χ1n) is 5.59. The molecule has 0 radical (unpaired) electrons. The van der Waals surface area contributed by atoms with Crippen LogP contribution in [0.5, 0.6) is 0 Å². The maximum Gasteiger partial charge on any atom is 0.698 e. The van der Waals surface area contributed by atoms with E-state index in [0.29, 0.717) is 0 Å². The van der Waals surface area contributed by atoms with E-state index in [9.17, 15) is 4.57 Å². The highest BCUT2D eigenvalue weighted by Gasteiger charge is 2.28. The van der Waals surface area contributed by atoms with Crippen molar-refractivity contribution in [3.8, 4) is 0 Å². The zero-order valence-electron chi connectivity index (χ0n) is 10.0. The van der Waals surface area contributed by atoms with Crippen LogP contribution in [0.25, 0.3) is 0 Å². The molecule has 18 heavy (non-hydrogen) atoms. The Hall–Kier alpha value is -1.54. The average Bonchev–Trinajstić information content (AvgIpc) is 2.46. The van der Waals surface area contributed by atoms with Crippen molar-refractivity contribution in [1.29, 1.82) is 0 Å². The molecule has 0 aliphatic heterocycles. The van der Waals surface area contributed by atoms with Gasteiger partial charge in [-0.2, -0.15) is 0 Å². The Morgan fingerprint density at radius 3 is 1.72 bits per heavy atom. The van der Waals surface area contributed by atoms with E-state index in [-0.39, 0.29) is 6.10 Å². The third kappa shape index (κ3) is 3.23. The molecule has 0 spiro atoms. The van der Waals surface area contributed by atoms with Crippen LogP contribution in [0.1, 0.15) is 17.2 Å². The molecule has 2 rings (SSSR count). The molecule has 0 heterocycles. The van der Waals surface area contributed by atoms with Crippen molar-refractivity contribution >= 4 is 8.25 Å². The monoisotopic (exact) mass is 261 g/mol. The Balaban J connectivity index is 2.32. The largest absolute Gasteiger partial charge is 0.698 e. The van der Waals surface area contributed by atoms with Gasteiger partial charge in [-0.25, -0.2) is 0 Å². The van der Waals surface area contributed by atoms with Gasteiger partial charge in [-0.1, -0.05) is 60.7 Å². The second-order valence-corrected chi connectivity index (χ2v) is 4.74. The molecule has 2 aromatic carbocycles. The molecule has 0 N–H and O–H groups in total. The minimum Gasteiger partial charge on any atom is -0.122 e. The zero-order chi connectivity index (χ0) is 12.8. The second-order valence-electron chi connectivity index (χ2n) is 3.71. The van der Waals surface area contributed by atoms with Gasteiger partial charge in [-0.05, 0) is 11.1 Å². The molecule has 0 amide bonds. The molecule has 1 atom stereocenters. The Morgan fingerprint density at radius 2 is 1.33 bits per heavy atom. The van der Waals surface area contributed by atoms with Crippen LogP contribution >= 0.6 is 8.25 Å². The van der Waals surface area contributed by atoms with Gasteiger partial charge in [0.1, 0.15) is 0 Å². The molecule has 2 aromatic rings. The summed E-state index contributed by atoms with van der Waals surface area (Å²) in [5.74, 6) is 0. The molecular weight excluding hydrogens is 247 g/mol. The minimum atomic E-state index is -2.11. The predicted octanol–water partition coefficient (Wildman–Crippen LogP) is 4.10. The summed E-state index contributed by atoms with van der Waals surface area (Å²) in [6, 6.07) is 19.3. The standard InChI is InChI=1S/C14H14O3P/c1-16-18(15)17-14(12-8-4-2-5-9-12)13-10-6-3-7-11-13/h2-11,14H,1H3/q+1. The van der Waals surface area contributed by atoms with Gasteiger partial charge in [0.25, 0.3) is 0 Å². The lowest BCUT2D eigenvalue weighted by Gasteiger charge is -2.11. The van der Waals surface area contributed by atoms with E-state index in [1.54, 1.807) is 0 Å². The van der Waals surface area contributed by atoms with Gasteiger partial charge in [0.05, 0.1) is 7.11 Å². The number of hydrogen-bond acceptors (Lipinski definition) is 3. The lowest BCUT2D eigenvalue weighted by atomic mass is 10.0. The van der Waals surface area contributed by atoms with Crippen LogP contribution in [0, 0.1) is 0 Å². The number of benzene rings is 2. The quantitative estimate of drug-likeness (QED) is 0.760. The fraction of sp³-hybridized carbons (Fsp3) is 0.143. The SMILES string of the molecule is CO[P+](=O)OC(c1ccccc1)c1ccccc1. The van der Waals surface area contributed by atoms with Crippen LogP contribution in [0.2, 0.25) is 0 Å². The Labute approximate surface area is 107 Å². The molecular formula is C14H14O3P+. The number of rotatable bonds is 5. The maximum atomic E-state index is 11.5. The van der Waals surface area contributed by atoms with Gasteiger partial charge in [0, 0.05) is 4.57 Å². The molecule has 1 unspecified atom stereocenters. The summed E-state index contributed by atoms with van der Waals surface area (Å²) >= 11 is 0. The van der Waals surface area contributed by atoms with Crippen LogP contribution in [-0.2, 0) is 13.6 Å². The van der Waals surface area contributed by atoms with E-state index in [2.05, 4.69) is 0 Å². The summed E-state index contributed by atoms with van der Waals surface area (Å²) in [6.45, 7) is 0. The van der Waals surface area contributed by atoms with Gasteiger partial charge in [-0.3, -0.25) is 0 Å². The summed E-state index contributed by atoms with van der Waals surface area (Å²) in [5.41, 5.74) is 1.90. The van der Waals surface area contributed by atoms with Crippen molar-refractivity contribution in [3.05, 3.63) is 71.8 Å². The van der Waals surface area contributed by atoms with Crippen molar-refractivity contribution in [1.82, 2.24) is 0 Å². The molecule has 4 heteroatoms. The van der Waals surface area contributed by atoms with Crippen molar-refractivity contribution in [3.63, 3.8) is 0 Å². The average molecular weight is 261 g/mol. The van der Waals surface area contributed by atoms with Crippen LogP contribution in [0.4, 0.5) is 0 Å². The molecule has 0 bridgehead atoms. The molecule has 0 aliphatic carbocycles. The van der Waals surface area contributed by atoms with E-state index >= 15 is 0 Å². The van der Waals surface area contributed by atoms with Gasteiger partial charge in [0.15, 0.2) is 6.10 Å². The molecule has 0 fully saturated rings. The Kier molecular flexibility index (Phi) is 4.59. The van der Waals surface area contributed by atoms with Gasteiger partial charge in [0.2, 0.25) is 0 Å². The third-order valence-electron chi connectivity index (χ3n) is 2.55. The second kappa shape index (κ2) is 6.41. The molecule has 0 saturated heterocycles.